The van der Waals surface area contributed by atoms with Crippen LogP contribution in [0, 0.1) is 11.8 Å². The highest BCUT2D eigenvalue weighted by molar-refractivity contribution is 5.71. The number of carbonyl (C=O) groups is 1. The molecule has 0 heterocycles. The van der Waals surface area contributed by atoms with E-state index in [4.69, 9.17) is 10.2 Å². The Hall–Kier alpha value is -0.570. The van der Waals surface area contributed by atoms with E-state index in [1.165, 1.54) is 12.8 Å². The van der Waals surface area contributed by atoms with Crippen LogP contribution in [0.25, 0.3) is 0 Å². The second kappa shape index (κ2) is 3.22. The summed E-state index contributed by atoms with van der Waals surface area (Å²) in [6.07, 6.45) is 1.65. The van der Waals surface area contributed by atoms with Gasteiger partial charge in [0.05, 0.1) is 0 Å². The van der Waals surface area contributed by atoms with Crippen LogP contribution in [0.2, 0.25) is 0 Å². The first-order valence-corrected chi connectivity index (χ1v) is 4.02. The average Bonchev–Trinajstić information content (AvgIpc) is 2.67. The monoisotopic (exact) mass is 158 g/mol. The van der Waals surface area contributed by atoms with Crippen molar-refractivity contribution in [3.8, 4) is 0 Å². The second-order valence-electron chi connectivity index (χ2n) is 3.40. The lowest BCUT2D eigenvalue weighted by Gasteiger charge is -2.11. The lowest BCUT2D eigenvalue weighted by molar-refractivity contribution is -0.147. The number of aliphatic hydroxyl groups excluding tert-OH is 1. The minimum Gasteiger partial charge on any atom is -0.479 e. The Kier molecular flexibility index (Phi) is 2.49. The van der Waals surface area contributed by atoms with Gasteiger partial charge in [-0.2, -0.15) is 0 Å². The summed E-state index contributed by atoms with van der Waals surface area (Å²) in [4.78, 5) is 10.2. The normalized spacial score (nSPS) is 22.7. The molecule has 3 heteroatoms. The van der Waals surface area contributed by atoms with Gasteiger partial charge in [0.15, 0.2) is 6.10 Å². The lowest BCUT2D eigenvalue weighted by atomic mass is 9.99. The summed E-state index contributed by atoms with van der Waals surface area (Å²) in [7, 11) is 0. The van der Waals surface area contributed by atoms with E-state index >= 15 is 0 Å². The molecule has 0 amide bonds. The standard InChI is InChI=1S/C8H14O3/c1-5(6-2-3-6)4-7(9)8(10)11/h5-7,9H,2-4H2,1H3,(H,10,11). The Morgan fingerprint density at radius 2 is 2.18 bits per heavy atom. The minimum atomic E-state index is -1.16. The molecule has 0 aliphatic heterocycles. The number of aliphatic hydroxyl groups is 1. The van der Waals surface area contributed by atoms with Gasteiger partial charge in [0.25, 0.3) is 0 Å². The molecule has 0 saturated heterocycles. The first-order chi connectivity index (χ1) is 5.11. The lowest BCUT2D eigenvalue weighted by Crippen LogP contribution is -2.22. The summed E-state index contributed by atoms with van der Waals surface area (Å²) in [5.74, 6) is -0.0670. The van der Waals surface area contributed by atoms with E-state index in [-0.39, 0.29) is 0 Å². The van der Waals surface area contributed by atoms with Crippen LogP contribution in [0.4, 0.5) is 0 Å². The summed E-state index contributed by atoms with van der Waals surface area (Å²) in [6, 6.07) is 0. The molecule has 0 aromatic rings. The Balaban J connectivity index is 2.22. The van der Waals surface area contributed by atoms with Gasteiger partial charge in [-0.25, -0.2) is 4.79 Å². The van der Waals surface area contributed by atoms with Gasteiger partial charge in [0.2, 0.25) is 0 Å². The van der Waals surface area contributed by atoms with Gasteiger partial charge in [0.1, 0.15) is 0 Å². The SMILES string of the molecule is CC(CC(O)C(=O)O)C1CC1. The zero-order valence-electron chi connectivity index (χ0n) is 6.66. The van der Waals surface area contributed by atoms with Gasteiger partial charge in [-0.05, 0) is 31.1 Å². The number of hydrogen-bond acceptors (Lipinski definition) is 2. The predicted molar refractivity (Wildman–Crippen MR) is 40.1 cm³/mol. The number of hydrogen-bond donors (Lipinski definition) is 2. The highest BCUT2D eigenvalue weighted by Crippen LogP contribution is 2.38. The molecule has 1 saturated carbocycles. The van der Waals surface area contributed by atoms with E-state index in [1.807, 2.05) is 6.92 Å². The Bertz CT molecular complexity index is 151. The van der Waals surface area contributed by atoms with Crippen molar-refractivity contribution in [2.45, 2.75) is 32.3 Å². The van der Waals surface area contributed by atoms with E-state index in [1.54, 1.807) is 0 Å². The van der Waals surface area contributed by atoms with Gasteiger partial charge in [-0.15, -0.1) is 0 Å². The Morgan fingerprint density at radius 1 is 1.64 bits per heavy atom. The first kappa shape index (κ1) is 8.53. The zero-order chi connectivity index (χ0) is 8.43. The minimum absolute atomic E-state index is 0.362. The smallest absolute Gasteiger partial charge is 0.332 e. The quantitative estimate of drug-likeness (QED) is 0.638. The van der Waals surface area contributed by atoms with Crippen molar-refractivity contribution in [3.05, 3.63) is 0 Å². The van der Waals surface area contributed by atoms with Crippen molar-refractivity contribution < 1.29 is 15.0 Å². The van der Waals surface area contributed by atoms with E-state index in [9.17, 15) is 4.79 Å². The average molecular weight is 158 g/mol. The molecule has 0 aromatic heterocycles. The number of carboxylic acid groups (broad SMARTS) is 1. The Morgan fingerprint density at radius 3 is 2.55 bits per heavy atom. The van der Waals surface area contributed by atoms with Crippen LogP contribution in [0.3, 0.4) is 0 Å². The van der Waals surface area contributed by atoms with Crippen molar-refractivity contribution in [1.82, 2.24) is 0 Å². The Labute approximate surface area is 66.0 Å². The summed E-state index contributed by atoms with van der Waals surface area (Å²) < 4.78 is 0. The molecule has 1 rings (SSSR count). The third kappa shape index (κ3) is 2.50. The van der Waals surface area contributed by atoms with Gasteiger partial charge in [0, 0.05) is 0 Å². The number of rotatable bonds is 4. The van der Waals surface area contributed by atoms with Crippen LogP contribution in [-0.2, 0) is 4.79 Å². The zero-order valence-corrected chi connectivity index (χ0v) is 6.66. The van der Waals surface area contributed by atoms with Crippen LogP contribution < -0.4 is 0 Å². The predicted octanol–water partition coefficient (Wildman–Crippen LogP) is 0.868. The molecule has 0 aromatic carbocycles. The molecule has 2 N–H and O–H groups in total. The van der Waals surface area contributed by atoms with Crippen LogP contribution in [0.15, 0.2) is 0 Å². The van der Waals surface area contributed by atoms with Crippen LogP contribution in [0.5, 0.6) is 0 Å². The van der Waals surface area contributed by atoms with Crippen molar-refractivity contribution in [3.63, 3.8) is 0 Å². The number of carboxylic acids is 1. The fourth-order valence-corrected chi connectivity index (χ4v) is 1.31. The van der Waals surface area contributed by atoms with Crippen molar-refractivity contribution in [1.29, 1.82) is 0 Å². The van der Waals surface area contributed by atoms with Crippen LogP contribution in [0.1, 0.15) is 26.2 Å². The fraction of sp³-hybridized carbons (Fsp3) is 0.875. The summed E-state index contributed by atoms with van der Waals surface area (Å²) in [5.41, 5.74) is 0. The molecule has 11 heavy (non-hydrogen) atoms. The molecule has 0 radical (unpaired) electrons. The maximum atomic E-state index is 10.2. The highest BCUT2D eigenvalue weighted by atomic mass is 16.4. The third-order valence-corrected chi connectivity index (χ3v) is 2.31. The van der Waals surface area contributed by atoms with Crippen molar-refractivity contribution >= 4 is 5.97 Å². The van der Waals surface area contributed by atoms with Crippen LogP contribution >= 0.6 is 0 Å². The molecule has 1 fully saturated rings. The van der Waals surface area contributed by atoms with E-state index in [0.717, 1.165) is 0 Å². The van der Waals surface area contributed by atoms with Crippen molar-refractivity contribution in [2.75, 3.05) is 0 Å². The summed E-state index contributed by atoms with van der Waals surface area (Å²) in [6.45, 7) is 2.00. The van der Waals surface area contributed by atoms with Crippen LogP contribution in [-0.4, -0.2) is 22.3 Å². The maximum absolute atomic E-state index is 10.2. The summed E-state index contributed by atoms with van der Waals surface area (Å²) >= 11 is 0. The van der Waals surface area contributed by atoms with Gasteiger partial charge < -0.3 is 10.2 Å². The molecule has 2 unspecified atom stereocenters. The highest BCUT2D eigenvalue weighted by Gasteiger charge is 2.30. The van der Waals surface area contributed by atoms with E-state index in [2.05, 4.69) is 0 Å². The molecular formula is C8H14O3. The molecule has 0 spiro atoms. The maximum Gasteiger partial charge on any atom is 0.332 e. The molecule has 1 aliphatic carbocycles. The summed E-state index contributed by atoms with van der Waals surface area (Å²) in [5, 5.41) is 17.4. The van der Waals surface area contributed by atoms with Crippen molar-refractivity contribution in [2.24, 2.45) is 11.8 Å². The second-order valence-corrected chi connectivity index (χ2v) is 3.40. The molecule has 2 atom stereocenters. The van der Waals surface area contributed by atoms with E-state index < -0.39 is 12.1 Å². The molecule has 3 nitrogen and oxygen atoms in total. The first-order valence-electron chi connectivity index (χ1n) is 4.02. The van der Waals surface area contributed by atoms with Gasteiger partial charge in [-0.3, -0.25) is 0 Å². The topological polar surface area (TPSA) is 57.5 Å². The molecule has 1 aliphatic rings. The van der Waals surface area contributed by atoms with E-state index in [0.29, 0.717) is 18.3 Å². The fourth-order valence-electron chi connectivity index (χ4n) is 1.31. The van der Waals surface area contributed by atoms with Gasteiger partial charge >= 0.3 is 5.97 Å². The molecular weight excluding hydrogens is 144 g/mol. The molecule has 64 valence electrons. The third-order valence-electron chi connectivity index (χ3n) is 2.31. The molecule has 0 bridgehead atoms. The largest absolute Gasteiger partial charge is 0.479 e. The number of aliphatic carboxylic acids is 1. The van der Waals surface area contributed by atoms with Gasteiger partial charge in [-0.1, -0.05) is 6.92 Å².